The molecule has 0 aliphatic heterocycles. The number of benzene rings is 1. The zero-order valence-electron chi connectivity index (χ0n) is 8.33. The van der Waals surface area contributed by atoms with Crippen molar-refractivity contribution in [2.45, 2.75) is 0 Å². The first kappa shape index (κ1) is 9.30. The number of hydrogen-bond donors (Lipinski definition) is 0. The normalized spacial score (nSPS) is 10.8. The van der Waals surface area contributed by atoms with Gasteiger partial charge in [0.15, 0.2) is 10.6 Å². The zero-order chi connectivity index (χ0) is 11.0. The summed E-state index contributed by atoms with van der Waals surface area (Å²) >= 11 is 1.61. The van der Waals surface area contributed by atoms with Crippen LogP contribution in [0, 0.1) is 0 Å². The summed E-state index contributed by atoms with van der Waals surface area (Å²) in [5.41, 5.74) is 0.999. The summed E-state index contributed by atoms with van der Waals surface area (Å²) in [4.78, 5) is 15.5. The summed E-state index contributed by atoms with van der Waals surface area (Å²) in [5.74, 6) is 0. The van der Waals surface area contributed by atoms with Crippen LogP contribution in [-0.4, -0.2) is 9.55 Å². The molecule has 0 saturated carbocycles. The molecule has 4 heteroatoms. The SMILES string of the molecule is O=c1ccn(-c2nc3ccccc3s2)cc1. The maximum atomic E-state index is 11.0. The van der Waals surface area contributed by atoms with Crippen molar-refractivity contribution in [1.29, 1.82) is 0 Å². The Morgan fingerprint density at radius 3 is 2.56 bits per heavy atom. The molecule has 1 aromatic carbocycles. The van der Waals surface area contributed by atoms with Crippen molar-refractivity contribution in [3.8, 4) is 5.13 Å². The third-order valence-electron chi connectivity index (χ3n) is 2.30. The molecule has 78 valence electrons. The Morgan fingerprint density at radius 2 is 1.81 bits per heavy atom. The second kappa shape index (κ2) is 3.57. The van der Waals surface area contributed by atoms with Gasteiger partial charge in [-0.05, 0) is 12.1 Å². The Hall–Kier alpha value is -1.94. The van der Waals surface area contributed by atoms with E-state index in [-0.39, 0.29) is 5.43 Å². The van der Waals surface area contributed by atoms with E-state index >= 15 is 0 Å². The standard InChI is InChI=1S/C12H8N2OS/c15-9-5-7-14(8-6-9)12-13-10-3-1-2-4-11(10)16-12/h1-8H. The summed E-state index contributed by atoms with van der Waals surface area (Å²) in [6, 6.07) is 11.1. The molecule has 2 heterocycles. The molecule has 16 heavy (non-hydrogen) atoms. The van der Waals surface area contributed by atoms with Gasteiger partial charge in [-0.15, -0.1) is 0 Å². The smallest absolute Gasteiger partial charge is 0.194 e. The van der Waals surface area contributed by atoms with Crippen LogP contribution in [0.3, 0.4) is 0 Å². The molecule has 0 spiro atoms. The first-order valence-corrected chi connectivity index (χ1v) is 5.69. The second-order valence-corrected chi connectivity index (χ2v) is 4.41. The molecule has 0 radical (unpaired) electrons. The maximum Gasteiger partial charge on any atom is 0.194 e. The highest BCUT2D eigenvalue weighted by Gasteiger charge is 2.03. The number of fused-ring (bicyclic) bond motifs is 1. The van der Waals surface area contributed by atoms with Gasteiger partial charge in [-0.2, -0.15) is 0 Å². The predicted octanol–water partition coefficient (Wildman–Crippen LogP) is 2.45. The van der Waals surface area contributed by atoms with Gasteiger partial charge >= 0.3 is 0 Å². The molecule has 0 bridgehead atoms. The number of pyridine rings is 1. The van der Waals surface area contributed by atoms with E-state index in [1.165, 1.54) is 12.1 Å². The third kappa shape index (κ3) is 1.53. The summed E-state index contributed by atoms with van der Waals surface area (Å²) in [6.07, 6.45) is 3.47. The molecule has 0 atom stereocenters. The summed E-state index contributed by atoms with van der Waals surface area (Å²) in [6.45, 7) is 0. The van der Waals surface area contributed by atoms with Crippen LogP contribution in [0.15, 0.2) is 53.6 Å². The van der Waals surface area contributed by atoms with Crippen LogP contribution in [-0.2, 0) is 0 Å². The van der Waals surface area contributed by atoms with Crippen LogP contribution in [0.25, 0.3) is 15.3 Å². The second-order valence-electron chi connectivity index (χ2n) is 3.41. The fourth-order valence-corrected chi connectivity index (χ4v) is 2.44. The topological polar surface area (TPSA) is 34.9 Å². The highest BCUT2D eigenvalue weighted by Crippen LogP contribution is 2.23. The average molecular weight is 228 g/mol. The van der Waals surface area contributed by atoms with Gasteiger partial charge in [0.25, 0.3) is 0 Å². The number of aromatic nitrogens is 2. The third-order valence-corrected chi connectivity index (χ3v) is 3.35. The van der Waals surface area contributed by atoms with Crippen LogP contribution in [0.1, 0.15) is 0 Å². The Morgan fingerprint density at radius 1 is 1.06 bits per heavy atom. The number of rotatable bonds is 1. The van der Waals surface area contributed by atoms with E-state index in [1.54, 1.807) is 23.7 Å². The lowest BCUT2D eigenvalue weighted by Crippen LogP contribution is -2.00. The molecule has 3 aromatic rings. The Bertz CT molecular complexity index is 646. The molecule has 0 fully saturated rings. The Kier molecular flexibility index (Phi) is 2.08. The van der Waals surface area contributed by atoms with E-state index in [1.807, 2.05) is 28.8 Å². The van der Waals surface area contributed by atoms with Crippen molar-refractivity contribution in [2.75, 3.05) is 0 Å². The fourth-order valence-electron chi connectivity index (χ4n) is 1.51. The van der Waals surface area contributed by atoms with Crippen LogP contribution in [0.2, 0.25) is 0 Å². The molecular weight excluding hydrogens is 220 g/mol. The van der Waals surface area contributed by atoms with E-state index in [0.717, 1.165) is 15.3 Å². The van der Waals surface area contributed by atoms with E-state index in [9.17, 15) is 4.79 Å². The molecule has 0 N–H and O–H groups in total. The molecule has 2 aromatic heterocycles. The molecule has 0 amide bonds. The lowest BCUT2D eigenvalue weighted by atomic mass is 10.3. The van der Waals surface area contributed by atoms with Crippen molar-refractivity contribution in [2.24, 2.45) is 0 Å². The maximum absolute atomic E-state index is 11.0. The Labute approximate surface area is 95.6 Å². The van der Waals surface area contributed by atoms with E-state index < -0.39 is 0 Å². The van der Waals surface area contributed by atoms with Gasteiger partial charge in [-0.1, -0.05) is 23.5 Å². The van der Waals surface area contributed by atoms with Gasteiger partial charge in [-0.25, -0.2) is 4.98 Å². The van der Waals surface area contributed by atoms with Gasteiger partial charge in [-0.3, -0.25) is 9.36 Å². The predicted molar refractivity (Wildman–Crippen MR) is 65.2 cm³/mol. The zero-order valence-corrected chi connectivity index (χ0v) is 9.15. The van der Waals surface area contributed by atoms with Gasteiger partial charge in [0.2, 0.25) is 0 Å². The highest BCUT2D eigenvalue weighted by atomic mass is 32.1. The number of para-hydroxylation sites is 1. The number of hydrogen-bond acceptors (Lipinski definition) is 3. The van der Waals surface area contributed by atoms with Crippen LogP contribution in [0.5, 0.6) is 0 Å². The number of nitrogens with zero attached hydrogens (tertiary/aromatic N) is 2. The van der Waals surface area contributed by atoms with Crippen LogP contribution >= 0.6 is 11.3 Å². The van der Waals surface area contributed by atoms with Crippen molar-refractivity contribution >= 4 is 21.6 Å². The van der Waals surface area contributed by atoms with E-state index in [2.05, 4.69) is 4.98 Å². The highest BCUT2D eigenvalue weighted by molar-refractivity contribution is 7.20. The minimum atomic E-state index is 0.0114. The molecule has 3 rings (SSSR count). The molecule has 0 saturated heterocycles. The monoisotopic (exact) mass is 228 g/mol. The molecule has 0 aliphatic carbocycles. The van der Waals surface area contributed by atoms with E-state index in [0.29, 0.717) is 0 Å². The summed E-state index contributed by atoms with van der Waals surface area (Å²) in [7, 11) is 0. The minimum Gasteiger partial charge on any atom is -0.300 e. The average Bonchev–Trinajstić information content (AvgIpc) is 2.73. The molecule has 0 unspecified atom stereocenters. The van der Waals surface area contributed by atoms with Gasteiger partial charge < -0.3 is 0 Å². The number of thiazole rings is 1. The van der Waals surface area contributed by atoms with Crippen molar-refractivity contribution in [1.82, 2.24) is 9.55 Å². The minimum absolute atomic E-state index is 0.0114. The quantitative estimate of drug-likeness (QED) is 0.641. The molecular formula is C12H8N2OS. The largest absolute Gasteiger partial charge is 0.300 e. The van der Waals surface area contributed by atoms with Gasteiger partial charge in [0.1, 0.15) is 0 Å². The Balaban J connectivity index is 2.19. The lowest BCUT2D eigenvalue weighted by molar-refractivity contribution is 1.02. The van der Waals surface area contributed by atoms with E-state index in [4.69, 9.17) is 0 Å². The van der Waals surface area contributed by atoms with Gasteiger partial charge in [0.05, 0.1) is 10.2 Å². The van der Waals surface area contributed by atoms with Crippen molar-refractivity contribution in [3.05, 3.63) is 59.0 Å². The molecule has 3 nitrogen and oxygen atoms in total. The van der Waals surface area contributed by atoms with Crippen molar-refractivity contribution < 1.29 is 0 Å². The fraction of sp³-hybridized carbons (Fsp3) is 0. The summed E-state index contributed by atoms with van der Waals surface area (Å²) in [5, 5.41) is 0.876. The van der Waals surface area contributed by atoms with Gasteiger partial charge in [0, 0.05) is 24.5 Å². The van der Waals surface area contributed by atoms with Crippen LogP contribution in [0.4, 0.5) is 0 Å². The summed E-state index contributed by atoms with van der Waals surface area (Å²) < 4.78 is 3.00. The van der Waals surface area contributed by atoms with Crippen molar-refractivity contribution in [3.63, 3.8) is 0 Å². The lowest BCUT2D eigenvalue weighted by Gasteiger charge is -1.97. The first-order chi connectivity index (χ1) is 7.83. The molecule has 0 aliphatic rings. The van der Waals surface area contributed by atoms with Crippen LogP contribution < -0.4 is 5.43 Å². The first-order valence-electron chi connectivity index (χ1n) is 4.87.